The van der Waals surface area contributed by atoms with E-state index in [0.717, 1.165) is 0 Å². The van der Waals surface area contributed by atoms with E-state index < -0.39 is 11.0 Å². The molecule has 0 radical (unpaired) electrons. The molecule has 1 aromatic heterocycles. The highest BCUT2D eigenvalue weighted by atomic mass is 16.6. The number of nitrogens with one attached hydrogen (secondary N) is 1. The van der Waals surface area contributed by atoms with Crippen molar-refractivity contribution in [3.05, 3.63) is 28.4 Å². The van der Waals surface area contributed by atoms with E-state index in [0.29, 0.717) is 32.0 Å². The lowest BCUT2D eigenvalue weighted by Gasteiger charge is -2.34. The summed E-state index contributed by atoms with van der Waals surface area (Å²) in [6.07, 6.45) is 0.671. The van der Waals surface area contributed by atoms with Gasteiger partial charge in [0.05, 0.1) is 4.92 Å². The first kappa shape index (κ1) is 16.5. The Morgan fingerprint density at radius 2 is 2.04 bits per heavy atom. The molecule has 1 aliphatic rings. The third kappa shape index (κ3) is 4.28. The first-order chi connectivity index (χ1) is 11.0. The molecule has 0 unspecified atom stereocenters. The molecule has 0 aromatic carbocycles. The van der Waals surface area contributed by atoms with Gasteiger partial charge in [0.1, 0.15) is 12.0 Å². The van der Waals surface area contributed by atoms with Crippen LogP contribution in [0.3, 0.4) is 0 Å². The van der Waals surface area contributed by atoms with Gasteiger partial charge in [0.15, 0.2) is 6.61 Å². The molecule has 23 heavy (non-hydrogen) atoms. The lowest BCUT2D eigenvalue weighted by atomic mass is 10.3. The molecule has 10 heteroatoms. The van der Waals surface area contributed by atoms with Gasteiger partial charge in [-0.2, -0.15) is 0 Å². The summed E-state index contributed by atoms with van der Waals surface area (Å²) in [5.41, 5.74) is -0.0647. The smallest absolute Gasteiger partial charge is 0.410 e. The van der Waals surface area contributed by atoms with E-state index in [2.05, 4.69) is 10.3 Å². The van der Waals surface area contributed by atoms with Crippen LogP contribution >= 0.6 is 0 Å². The zero-order valence-corrected chi connectivity index (χ0v) is 12.6. The fraction of sp³-hybridized carbons (Fsp3) is 0.462. The molecule has 1 saturated heterocycles. The maximum atomic E-state index is 11.8. The van der Waals surface area contributed by atoms with Crippen LogP contribution < -0.4 is 10.2 Å². The van der Waals surface area contributed by atoms with Crippen molar-refractivity contribution in [2.75, 3.05) is 44.7 Å². The Bertz CT molecular complexity index is 583. The summed E-state index contributed by atoms with van der Waals surface area (Å²) >= 11 is 0. The Labute approximate surface area is 132 Å². The molecule has 0 spiro atoms. The average molecular weight is 323 g/mol. The predicted molar refractivity (Wildman–Crippen MR) is 80.1 cm³/mol. The second-order valence-corrected chi connectivity index (χ2v) is 4.83. The normalized spacial score (nSPS) is 14.3. The summed E-state index contributed by atoms with van der Waals surface area (Å²) in [7, 11) is 1.46. The van der Waals surface area contributed by atoms with Gasteiger partial charge in [-0.25, -0.2) is 9.78 Å². The number of likely N-dealkylation sites (N-methyl/N-ethyl adjacent to an activating group) is 1. The maximum Gasteiger partial charge on any atom is 0.410 e. The summed E-state index contributed by atoms with van der Waals surface area (Å²) < 4.78 is 4.88. The monoisotopic (exact) mass is 323 g/mol. The standard InChI is InChI=1S/C13H17N5O5/c1-14-12(19)9-23-13(20)17-6-4-16(5-7-17)11-3-2-10(8-15-11)18(21)22/h2-3,8H,4-7,9H2,1H3,(H,14,19). The first-order valence-electron chi connectivity index (χ1n) is 6.99. The Morgan fingerprint density at radius 1 is 1.35 bits per heavy atom. The van der Waals surface area contributed by atoms with Crippen LogP contribution in [0.5, 0.6) is 0 Å². The van der Waals surface area contributed by atoms with Crippen LogP contribution in [0.25, 0.3) is 0 Å². The molecule has 0 saturated carbocycles. The number of pyridine rings is 1. The Kier molecular flexibility index (Phi) is 5.28. The number of carbonyl (C=O) groups excluding carboxylic acids is 2. The third-order valence-corrected chi connectivity index (χ3v) is 3.41. The largest absolute Gasteiger partial charge is 0.439 e. The van der Waals surface area contributed by atoms with Crippen LogP contribution in [0, 0.1) is 10.1 Å². The zero-order valence-electron chi connectivity index (χ0n) is 12.6. The Balaban J connectivity index is 1.84. The third-order valence-electron chi connectivity index (χ3n) is 3.41. The van der Waals surface area contributed by atoms with Crippen molar-refractivity contribution in [3.63, 3.8) is 0 Å². The highest BCUT2D eigenvalue weighted by Crippen LogP contribution is 2.17. The van der Waals surface area contributed by atoms with Gasteiger partial charge in [0, 0.05) is 39.3 Å². The topological polar surface area (TPSA) is 118 Å². The Hall–Kier alpha value is -2.91. The molecule has 0 atom stereocenters. The molecule has 2 heterocycles. The van der Waals surface area contributed by atoms with Gasteiger partial charge in [-0.3, -0.25) is 14.9 Å². The minimum absolute atomic E-state index is 0.0647. The fourth-order valence-corrected chi connectivity index (χ4v) is 2.08. The summed E-state index contributed by atoms with van der Waals surface area (Å²) in [6.45, 7) is 1.59. The fourth-order valence-electron chi connectivity index (χ4n) is 2.08. The van der Waals surface area contributed by atoms with Crippen molar-refractivity contribution < 1.29 is 19.2 Å². The van der Waals surface area contributed by atoms with E-state index in [1.54, 1.807) is 6.07 Å². The maximum absolute atomic E-state index is 11.8. The van der Waals surface area contributed by atoms with Gasteiger partial charge in [-0.1, -0.05) is 0 Å². The van der Waals surface area contributed by atoms with Crippen LogP contribution in [0.4, 0.5) is 16.3 Å². The summed E-state index contributed by atoms with van der Waals surface area (Å²) in [4.78, 5) is 40.4. The SMILES string of the molecule is CNC(=O)COC(=O)N1CCN(c2ccc([N+](=O)[O-])cn2)CC1. The van der Waals surface area contributed by atoms with E-state index >= 15 is 0 Å². The number of hydrogen-bond acceptors (Lipinski definition) is 7. The van der Waals surface area contributed by atoms with Gasteiger partial charge in [0.2, 0.25) is 0 Å². The highest BCUT2D eigenvalue weighted by Gasteiger charge is 2.23. The second kappa shape index (κ2) is 7.38. The summed E-state index contributed by atoms with van der Waals surface area (Å²) in [6, 6.07) is 2.98. The van der Waals surface area contributed by atoms with Crippen molar-refractivity contribution in [2.45, 2.75) is 0 Å². The molecule has 2 amide bonds. The molecule has 1 fully saturated rings. The number of anilines is 1. The minimum atomic E-state index is -0.537. The predicted octanol–water partition coefficient (Wildman–Crippen LogP) is -0.00560. The quantitative estimate of drug-likeness (QED) is 0.611. The van der Waals surface area contributed by atoms with E-state index in [-0.39, 0.29) is 18.2 Å². The molecule has 1 aromatic rings. The van der Waals surface area contributed by atoms with Crippen molar-refractivity contribution in [2.24, 2.45) is 0 Å². The average Bonchev–Trinajstić information content (AvgIpc) is 2.59. The molecule has 1 aliphatic heterocycles. The van der Waals surface area contributed by atoms with Gasteiger partial charge in [-0.15, -0.1) is 0 Å². The van der Waals surface area contributed by atoms with Crippen LogP contribution in [-0.2, 0) is 9.53 Å². The van der Waals surface area contributed by atoms with Gasteiger partial charge in [-0.05, 0) is 6.07 Å². The van der Waals surface area contributed by atoms with Gasteiger partial charge in [0.25, 0.3) is 11.6 Å². The lowest BCUT2D eigenvalue weighted by molar-refractivity contribution is -0.385. The summed E-state index contributed by atoms with van der Waals surface area (Å²) in [5, 5.41) is 13.0. The van der Waals surface area contributed by atoms with E-state index in [9.17, 15) is 19.7 Å². The number of carbonyl (C=O) groups is 2. The van der Waals surface area contributed by atoms with Crippen molar-refractivity contribution in [3.8, 4) is 0 Å². The van der Waals surface area contributed by atoms with E-state index in [4.69, 9.17) is 4.74 Å². The minimum Gasteiger partial charge on any atom is -0.439 e. The first-order valence-corrected chi connectivity index (χ1v) is 6.99. The van der Waals surface area contributed by atoms with Crippen molar-refractivity contribution >= 4 is 23.5 Å². The molecule has 0 aliphatic carbocycles. The highest BCUT2D eigenvalue weighted by molar-refractivity contribution is 5.79. The van der Waals surface area contributed by atoms with E-state index in [1.807, 2.05) is 4.90 Å². The molecule has 0 bridgehead atoms. The van der Waals surface area contributed by atoms with Gasteiger partial charge < -0.3 is 19.9 Å². The molecule has 10 nitrogen and oxygen atoms in total. The number of aromatic nitrogens is 1. The number of nitrogens with zero attached hydrogens (tertiary/aromatic N) is 4. The second-order valence-electron chi connectivity index (χ2n) is 4.83. The zero-order chi connectivity index (χ0) is 16.8. The van der Waals surface area contributed by atoms with Gasteiger partial charge >= 0.3 is 6.09 Å². The number of nitro groups is 1. The molecular formula is C13H17N5O5. The molecular weight excluding hydrogens is 306 g/mol. The molecule has 1 N–H and O–H groups in total. The lowest BCUT2D eigenvalue weighted by Crippen LogP contribution is -2.49. The van der Waals surface area contributed by atoms with E-state index in [1.165, 1.54) is 24.2 Å². The molecule has 124 valence electrons. The van der Waals surface area contributed by atoms with Crippen LogP contribution in [0.15, 0.2) is 18.3 Å². The number of rotatable bonds is 4. The number of hydrogen-bond donors (Lipinski definition) is 1. The van der Waals surface area contributed by atoms with Crippen molar-refractivity contribution in [1.29, 1.82) is 0 Å². The number of piperazine rings is 1. The Morgan fingerprint density at radius 3 is 2.57 bits per heavy atom. The van der Waals surface area contributed by atoms with Crippen LogP contribution in [0.1, 0.15) is 0 Å². The molecule has 2 rings (SSSR count). The van der Waals surface area contributed by atoms with Crippen LogP contribution in [0.2, 0.25) is 0 Å². The van der Waals surface area contributed by atoms with Crippen molar-refractivity contribution in [1.82, 2.24) is 15.2 Å². The number of ether oxygens (including phenoxy) is 1. The number of amides is 2. The summed E-state index contributed by atoms with van der Waals surface area (Å²) in [5.74, 6) is 0.251. The van der Waals surface area contributed by atoms with Crippen LogP contribution in [-0.4, -0.2) is 66.6 Å².